The van der Waals surface area contributed by atoms with Gasteiger partial charge in [0, 0.05) is 0 Å². The summed E-state index contributed by atoms with van der Waals surface area (Å²) in [5.41, 5.74) is 1.91. The van der Waals surface area contributed by atoms with E-state index >= 15 is 0 Å². The lowest BCUT2D eigenvalue weighted by Crippen LogP contribution is -2.20. The fourth-order valence-corrected chi connectivity index (χ4v) is 1.69. The molecule has 2 aromatic rings. The first-order valence-electron chi connectivity index (χ1n) is 4.93. The number of aryl methyl sites for hydroxylation is 1. The Morgan fingerprint density at radius 3 is 2.87 bits per heavy atom. The van der Waals surface area contributed by atoms with Crippen LogP contribution in [0.5, 0.6) is 0 Å². The van der Waals surface area contributed by atoms with Gasteiger partial charge in [0.1, 0.15) is 5.82 Å². The number of rotatable bonds is 3. The van der Waals surface area contributed by atoms with Crippen LogP contribution in [0.15, 0.2) is 24.3 Å². The highest BCUT2D eigenvalue weighted by Crippen LogP contribution is 2.15. The number of aromatic nitrogens is 2. The first kappa shape index (κ1) is 10.1. The number of benzene rings is 1. The fraction of sp³-hybridized carbons (Fsp3) is 0.364. The Balaban J connectivity index is 2.45. The molecule has 4 nitrogen and oxygen atoms in total. The second-order valence-electron chi connectivity index (χ2n) is 3.59. The van der Waals surface area contributed by atoms with E-state index in [1.807, 2.05) is 35.8 Å². The van der Waals surface area contributed by atoms with Crippen LogP contribution in [-0.2, 0) is 6.54 Å². The molecule has 0 bridgehead atoms. The Morgan fingerprint density at radius 1 is 1.40 bits per heavy atom. The van der Waals surface area contributed by atoms with Gasteiger partial charge in [-0.05, 0) is 19.1 Å². The summed E-state index contributed by atoms with van der Waals surface area (Å²) in [7, 11) is 0. The van der Waals surface area contributed by atoms with E-state index in [2.05, 4.69) is 4.98 Å². The first-order valence-corrected chi connectivity index (χ1v) is 4.93. The van der Waals surface area contributed by atoms with Gasteiger partial charge in [-0.25, -0.2) is 4.98 Å². The number of fused-ring (bicyclic) bond motifs is 1. The van der Waals surface area contributed by atoms with Crippen LogP contribution in [0.4, 0.5) is 0 Å². The molecule has 1 heterocycles. The van der Waals surface area contributed by atoms with E-state index in [1.54, 1.807) is 0 Å². The topological polar surface area (TPSA) is 58.3 Å². The monoisotopic (exact) mass is 206 g/mol. The van der Waals surface area contributed by atoms with Gasteiger partial charge in [-0.1, -0.05) is 12.1 Å². The van der Waals surface area contributed by atoms with E-state index in [9.17, 15) is 5.11 Å². The summed E-state index contributed by atoms with van der Waals surface area (Å²) in [5.74, 6) is 0.851. The second kappa shape index (κ2) is 4.00. The second-order valence-corrected chi connectivity index (χ2v) is 3.59. The van der Waals surface area contributed by atoms with Gasteiger partial charge < -0.3 is 14.8 Å². The molecule has 1 unspecified atom stereocenters. The van der Waals surface area contributed by atoms with Crippen LogP contribution in [0.1, 0.15) is 5.82 Å². The van der Waals surface area contributed by atoms with E-state index in [1.165, 1.54) is 0 Å². The molecule has 1 atom stereocenters. The summed E-state index contributed by atoms with van der Waals surface area (Å²) in [6, 6.07) is 7.76. The number of nitrogens with zero attached hydrogens (tertiary/aromatic N) is 2. The van der Waals surface area contributed by atoms with Crippen LogP contribution in [-0.4, -0.2) is 32.5 Å². The highest BCUT2D eigenvalue weighted by atomic mass is 16.3. The maximum Gasteiger partial charge on any atom is 0.106 e. The molecule has 0 saturated carbocycles. The molecule has 1 aromatic heterocycles. The van der Waals surface area contributed by atoms with Crippen molar-refractivity contribution in [3.8, 4) is 0 Å². The molecule has 0 amide bonds. The highest BCUT2D eigenvalue weighted by molar-refractivity contribution is 5.75. The van der Waals surface area contributed by atoms with Crippen LogP contribution in [0.25, 0.3) is 11.0 Å². The van der Waals surface area contributed by atoms with Crippen molar-refractivity contribution < 1.29 is 10.2 Å². The van der Waals surface area contributed by atoms with Crippen molar-refractivity contribution in [3.63, 3.8) is 0 Å². The first-order chi connectivity index (χ1) is 7.22. The molecule has 0 aliphatic heterocycles. The molecule has 1 aromatic carbocycles. The maximum atomic E-state index is 9.42. The SMILES string of the molecule is Cc1nc2ccccc2n1CC(O)CO. The minimum atomic E-state index is -0.735. The molecular weight excluding hydrogens is 192 g/mol. The normalized spacial score (nSPS) is 13.3. The Morgan fingerprint density at radius 2 is 2.13 bits per heavy atom. The quantitative estimate of drug-likeness (QED) is 0.777. The Labute approximate surface area is 87.8 Å². The molecule has 2 N–H and O–H groups in total. The summed E-state index contributed by atoms with van der Waals surface area (Å²) < 4.78 is 1.91. The van der Waals surface area contributed by atoms with Crippen molar-refractivity contribution in [2.24, 2.45) is 0 Å². The lowest BCUT2D eigenvalue weighted by Gasteiger charge is -2.10. The lowest BCUT2D eigenvalue weighted by molar-refractivity contribution is 0.0816. The predicted molar refractivity (Wildman–Crippen MR) is 57.6 cm³/mol. The van der Waals surface area contributed by atoms with Crippen molar-refractivity contribution >= 4 is 11.0 Å². The van der Waals surface area contributed by atoms with Crippen molar-refractivity contribution in [2.75, 3.05) is 6.61 Å². The molecule has 0 spiro atoms. The van der Waals surface area contributed by atoms with E-state index in [0.29, 0.717) is 6.54 Å². The van der Waals surface area contributed by atoms with E-state index in [0.717, 1.165) is 16.9 Å². The van der Waals surface area contributed by atoms with Crippen LogP contribution >= 0.6 is 0 Å². The summed E-state index contributed by atoms with van der Waals surface area (Å²) in [4.78, 5) is 4.37. The molecular formula is C11H14N2O2. The summed E-state index contributed by atoms with van der Waals surface area (Å²) >= 11 is 0. The van der Waals surface area contributed by atoms with Crippen molar-refractivity contribution in [1.82, 2.24) is 9.55 Å². The van der Waals surface area contributed by atoms with Gasteiger partial charge >= 0.3 is 0 Å². The highest BCUT2D eigenvalue weighted by Gasteiger charge is 2.10. The zero-order valence-electron chi connectivity index (χ0n) is 8.59. The Bertz CT molecular complexity index is 465. The number of imidazole rings is 1. The summed E-state index contributed by atoms with van der Waals surface area (Å²) in [6.07, 6.45) is -0.735. The van der Waals surface area contributed by atoms with Crippen LogP contribution in [0.2, 0.25) is 0 Å². The van der Waals surface area contributed by atoms with E-state index < -0.39 is 6.10 Å². The summed E-state index contributed by atoms with van der Waals surface area (Å²) in [5, 5.41) is 18.2. The zero-order chi connectivity index (χ0) is 10.8. The third-order valence-corrected chi connectivity index (χ3v) is 2.45. The minimum absolute atomic E-state index is 0.230. The van der Waals surface area contributed by atoms with E-state index in [4.69, 9.17) is 5.11 Å². The molecule has 4 heteroatoms. The van der Waals surface area contributed by atoms with Gasteiger partial charge in [0.05, 0.1) is 30.3 Å². The van der Waals surface area contributed by atoms with Gasteiger partial charge in [0.25, 0.3) is 0 Å². The van der Waals surface area contributed by atoms with Crippen molar-refractivity contribution in [1.29, 1.82) is 0 Å². The third-order valence-electron chi connectivity index (χ3n) is 2.45. The smallest absolute Gasteiger partial charge is 0.106 e. The molecule has 2 rings (SSSR count). The molecule has 15 heavy (non-hydrogen) atoms. The molecule has 0 aliphatic carbocycles. The number of hydrogen-bond acceptors (Lipinski definition) is 3. The lowest BCUT2D eigenvalue weighted by atomic mass is 10.3. The zero-order valence-corrected chi connectivity index (χ0v) is 8.59. The molecule has 0 aliphatic rings. The predicted octanol–water partition coefficient (Wildman–Crippen LogP) is 0.698. The van der Waals surface area contributed by atoms with Gasteiger partial charge in [-0.15, -0.1) is 0 Å². The molecule has 0 saturated heterocycles. The summed E-state index contributed by atoms with van der Waals surface area (Å²) in [6.45, 7) is 2.04. The standard InChI is InChI=1S/C11H14N2O2/c1-8-12-10-4-2-3-5-11(10)13(8)6-9(15)7-14/h2-5,9,14-15H,6-7H2,1H3. The molecule has 0 radical (unpaired) electrons. The average molecular weight is 206 g/mol. The van der Waals surface area contributed by atoms with Crippen LogP contribution in [0, 0.1) is 6.92 Å². The van der Waals surface area contributed by atoms with E-state index in [-0.39, 0.29) is 6.61 Å². The third kappa shape index (κ3) is 1.86. The Kier molecular flexibility index (Phi) is 2.70. The molecule has 80 valence electrons. The minimum Gasteiger partial charge on any atom is -0.394 e. The van der Waals surface area contributed by atoms with Gasteiger partial charge in [0.2, 0.25) is 0 Å². The average Bonchev–Trinajstić information content (AvgIpc) is 2.55. The van der Waals surface area contributed by atoms with Crippen molar-refractivity contribution in [2.45, 2.75) is 19.6 Å². The number of hydrogen-bond donors (Lipinski definition) is 2. The number of aliphatic hydroxyl groups excluding tert-OH is 2. The maximum absolute atomic E-state index is 9.42. The van der Waals surface area contributed by atoms with Gasteiger partial charge in [0.15, 0.2) is 0 Å². The van der Waals surface area contributed by atoms with Gasteiger partial charge in [-0.2, -0.15) is 0 Å². The van der Waals surface area contributed by atoms with Crippen LogP contribution in [0.3, 0.4) is 0 Å². The van der Waals surface area contributed by atoms with Gasteiger partial charge in [-0.3, -0.25) is 0 Å². The Hall–Kier alpha value is -1.39. The molecule has 0 fully saturated rings. The van der Waals surface area contributed by atoms with Crippen LogP contribution < -0.4 is 0 Å². The number of aliphatic hydroxyl groups is 2. The number of para-hydroxylation sites is 2. The fourth-order valence-electron chi connectivity index (χ4n) is 1.69. The van der Waals surface area contributed by atoms with Crippen molar-refractivity contribution in [3.05, 3.63) is 30.1 Å². The largest absolute Gasteiger partial charge is 0.394 e.